The summed E-state index contributed by atoms with van der Waals surface area (Å²) >= 11 is 0. The van der Waals surface area contributed by atoms with Crippen LogP contribution in [0.2, 0.25) is 0 Å². The molecule has 176 valence electrons. The molecule has 1 saturated heterocycles. The third-order valence-corrected chi connectivity index (χ3v) is 6.27. The number of aryl methyl sites for hydroxylation is 2. The highest BCUT2D eigenvalue weighted by molar-refractivity contribution is 5.85. The molecule has 2 aromatic rings. The van der Waals surface area contributed by atoms with Crippen molar-refractivity contribution in [1.29, 1.82) is 0 Å². The number of nitrogens with zero attached hydrogens (tertiary/aromatic N) is 4. The number of benzene rings is 2. The molecule has 3 heterocycles. The standard InChI is InChI=1S/C26H35N5O2/c1-19-11-21-15-28-5-3-27-4-6-29-16-22-12-20(2)14-24(26(22)33)18-31-9-7-30(8-10-31)17-23(13-19)25(21)32/h11-16,27,32-33H,3-10,17-18H2,1-2H3. The van der Waals surface area contributed by atoms with E-state index < -0.39 is 0 Å². The normalized spacial score (nSPS) is 22.1. The van der Waals surface area contributed by atoms with Crippen LogP contribution in [-0.2, 0) is 13.1 Å². The van der Waals surface area contributed by atoms with Crippen molar-refractivity contribution in [3.8, 4) is 11.5 Å². The van der Waals surface area contributed by atoms with Crippen molar-refractivity contribution in [3.63, 3.8) is 0 Å². The molecule has 2 aromatic carbocycles. The van der Waals surface area contributed by atoms with Crippen molar-refractivity contribution in [2.24, 2.45) is 9.98 Å². The van der Waals surface area contributed by atoms with Crippen LogP contribution in [0.15, 0.2) is 34.3 Å². The highest BCUT2D eigenvalue weighted by Gasteiger charge is 2.20. The molecule has 0 spiro atoms. The monoisotopic (exact) mass is 449 g/mol. The lowest BCUT2D eigenvalue weighted by Crippen LogP contribution is -2.45. The van der Waals surface area contributed by atoms with Gasteiger partial charge < -0.3 is 15.5 Å². The number of phenolic OH excluding ortho intramolecular Hbond substituents is 2. The quantitative estimate of drug-likeness (QED) is 0.538. The molecule has 0 aromatic heterocycles. The topological polar surface area (TPSA) is 83.7 Å². The first-order valence-corrected chi connectivity index (χ1v) is 11.8. The molecule has 0 atom stereocenters. The average Bonchev–Trinajstić information content (AvgIpc) is 2.79. The molecule has 0 amide bonds. The lowest BCUT2D eigenvalue weighted by Gasteiger charge is -2.35. The van der Waals surface area contributed by atoms with E-state index in [0.717, 1.165) is 85.7 Å². The number of nitrogens with one attached hydrogen (secondary N) is 1. The van der Waals surface area contributed by atoms with E-state index in [2.05, 4.69) is 51.1 Å². The van der Waals surface area contributed by atoms with Crippen LogP contribution in [0.25, 0.3) is 0 Å². The molecule has 1 fully saturated rings. The fourth-order valence-corrected chi connectivity index (χ4v) is 4.53. The third-order valence-electron chi connectivity index (χ3n) is 6.27. The van der Waals surface area contributed by atoms with Crippen LogP contribution < -0.4 is 5.32 Å². The lowest BCUT2D eigenvalue weighted by atomic mass is 10.0. The van der Waals surface area contributed by atoms with E-state index >= 15 is 0 Å². The Morgan fingerprint density at radius 3 is 1.55 bits per heavy atom. The number of rotatable bonds is 0. The summed E-state index contributed by atoms with van der Waals surface area (Å²) in [5.41, 5.74) is 5.72. The summed E-state index contributed by atoms with van der Waals surface area (Å²) in [6.45, 7) is 12.0. The maximum absolute atomic E-state index is 10.8. The Hall–Kier alpha value is -2.74. The number of aromatic hydroxyl groups is 2. The summed E-state index contributed by atoms with van der Waals surface area (Å²) in [4.78, 5) is 13.8. The van der Waals surface area contributed by atoms with Crippen LogP contribution in [0.4, 0.5) is 0 Å². The van der Waals surface area contributed by atoms with Gasteiger partial charge in [-0.2, -0.15) is 0 Å². The molecule has 0 radical (unpaired) electrons. The Morgan fingerprint density at radius 1 is 0.697 bits per heavy atom. The smallest absolute Gasteiger partial charge is 0.128 e. The average molecular weight is 450 g/mol. The molecule has 33 heavy (non-hydrogen) atoms. The Morgan fingerprint density at radius 2 is 1.12 bits per heavy atom. The zero-order valence-electron chi connectivity index (χ0n) is 19.7. The van der Waals surface area contributed by atoms with Crippen molar-refractivity contribution < 1.29 is 10.2 Å². The minimum Gasteiger partial charge on any atom is -0.507 e. The molecule has 0 unspecified atom stereocenters. The van der Waals surface area contributed by atoms with Gasteiger partial charge in [0, 0.05) is 87.0 Å². The van der Waals surface area contributed by atoms with Crippen molar-refractivity contribution >= 4 is 12.4 Å². The van der Waals surface area contributed by atoms with E-state index in [0.29, 0.717) is 24.6 Å². The highest BCUT2D eigenvalue weighted by Crippen LogP contribution is 2.27. The van der Waals surface area contributed by atoms with Crippen molar-refractivity contribution in [1.82, 2.24) is 15.1 Å². The highest BCUT2D eigenvalue weighted by atomic mass is 16.3. The minimum atomic E-state index is 0.331. The first-order chi connectivity index (χ1) is 16.0. The number of hydrogen-bond donors (Lipinski definition) is 3. The number of hydrogen-bond acceptors (Lipinski definition) is 7. The first kappa shape index (κ1) is 23.4. The molecule has 0 aliphatic carbocycles. The summed E-state index contributed by atoms with van der Waals surface area (Å²) in [6, 6.07) is 8.12. The van der Waals surface area contributed by atoms with Crippen LogP contribution in [-0.4, -0.2) is 84.8 Å². The predicted octanol–water partition coefficient (Wildman–Crippen LogP) is 2.47. The zero-order chi connectivity index (χ0) is 23.2. The predicted molar refractivity (Wildman–Crippen MR) is 134 cm³/mol. The third kappa shape index (κ3) is 6.19. The van der Waals surface area contributed by atoms with Gasteiger partial charge >= 0.3 is 0 Å². The maximum atomic E-state index is 10.8. The fourth-order valence-electron chi connectivity index (χ4n) is 4.53. The largest absolute Gasteiger partial charge is 0.507 e. The number of piperazine rings is 1. The summed E-state index contributed by atoms with van der Waals surface area (Å²) in [6.07, 6.45) is 3.56. The van der Waals surface area contributed by atoms with Crippen LogP contribution in [0, 0.1) is 13.8 Å². The van der Waals surface area contributed by atoms with Gasteiger partial charge in [-0.1, -0.05) is 12.1 Å². The Labute approximate surface area is 196 Å². The van der Waals surface area contributed by atoms with Gasteiger partial charge in [0.15, 0.2) is 0 Å². The van der Waals surface area contributed by atoms with E-state index in [1.165, 1.54) is 0 Å². The second kappa shape index (κ2) is 10.9. The second-order valence-electron chi connectivity index (χ2n) is 9.10. The Kier molecular flexibility index (Phi) is 7.75. The molecule has 3 aliphatic heterocycles. The molecule has 0 saturated carbocycles. The molecular formula is C26H35N5O2. The van der Waals surface area contributed by atoms with Gasteiger partial charge in [0.25, 0.3) is 0 Å². The molecule has 3 aliphatic rings. The van der Waals surface area contributed by atoms with E-state index in [4.69, 9.17) is 0 Å². The molecule has 7 heteroatoms. The molecular weight excluding hydrogens is 414 g/mol. The van der Waals surface area contributed by atoms with Crippen LogP contribution in [0.1, 0.15) is 33.4 Å². The van der Waals surface area contributed by atoms with Crippen molar-refractivity contribution in [2.45, 2.75) is 26.9 Å². The fraction of sp³-hybridized carbons (Fsp3) is 0.462. The van der Waals surface area contributed by atoms with E-state index in [1.807, 2.05) is 12.1 Å². The van der Waals surface area contributed by atoms with Crippen LogP contribution in [0.5, 0.6) is 11.5 Å². The summed E-state index contributed by atoms with van der Waals surface area (Å²) in [5, 5.41) is 25.0. The van der Waals surface area contributed by atoms with Gasteiger partial charge in [-0.05, 0) is 37.1 Å². The lowest BCUT2D eigenvalue weighted by molar-refractivity contribution is 0.120. The second-order valence-corrected chi connectivity index (χ2v) is 9.10. The van der Waals surface area contributed by atoms with Crippen LogP contribution >= 0.6 is 0 Å². The maximum Gasteiger partial charge on any atom is 0.128 e. The van der Waals surface area contributed by atoms with Crippen molar-refractivity contribution in [3.05, 3.63) is 57.6 Å². The van der Waals surface area contributed by atoms with E-state index in [9.17, 15) is 10.2 Å². The summed E-state index contributed by atoms with van der Waals surface area (Å²) < 4.78 is 0. The van der Waals surface area contributed by atoms with Gasteiger partial charge in [0.05, 0.1) is 13.1 Å². The number of phenols is 2. The summed E-state index contributed by atoms with van der Waals surface area (Å²) in [5.74, 6) is 0.661. The Balaban J connectivity index is 1.56. The van der Waals surface area contributed by atoms with Gasteiger partial charge in [0.1, 0.15) is 11.5 Å². The minimum absolute atomic E-state index is 0.331. The first-order valence-electron chi connectivity index (χ1n) is 11.8. The summed E-state index contributed by atoms with van der Waals surface area (Å²) in [7, 11) is 0. The zero-order valence-corrected chi connectivity index (χ0v) is 19.7. The van der Waals surface area contributed by atoms with Gasteiger partial charge in [-0.3, -0.25) is 19.8 Å². The van der Waals surface area contributed by atoms with Gasteiger partial charge in [-0.15, -0.1) is 0 Å². The number of fused-ring (bicyclic) bond motifs is 8. The van der Waals surface area contributed by atoms with Crippen LogP contribution in [0.3, 0.4) is 0 Å². The molecule has 3 N–H and O–H groups in total. The van der Waals surface area contributed by atoms with E-state index in [1.54, 1.807) is 12.4 Å². The Bertz CT molecular complexity index is 944. The van der Waals surface area contributed by atoms with Gasteiger partial charge in [0.2, 0.25) is 0 Å². The van der Waals surface area contributed by atoms with E-state index in [-0.39, 0.29) is 0 Å². The van der Waals surface area contributed by atoms with Gasteiger partial charge in [-0.25, -0.2) is 0 Å². The molecule has 5 rings (SSSR count). The van der Waals surface area contributed by atoms with Crippen molar-refractivity contribution in [2.75, 3.05) is 52.4 Å². The molecule has 6 bridgehead atoms. The molecule has 7 nitrogen and oxygen atoms in total. The number of aliphatic imine (C=N–C) groups is 2. The SMILES string of the molecule is Cc1cc2c(O)c(c1)CN1CCN(CC1)Cc1cc(C)cc(c1O)C=NCCNCCN=C2.